The molecule has 0 saturated carbocycles. The minimum atomic E-state index is -3.73. The molecule has 0 radical (unpaired) electrons. The first-order chi connectivity index (χ1) is 13.5. The zero-order valence-corrected chi connectivity index (χ0v) is 18.1. The van der Waals surface area contributed by atoms with E-state index in [1.165, 1.54) is 28.4 Å². The number of halogens is 2. The van der Waals surface area contributed by atoms with Gasteiger partial charge in [0.15, 0.2) is 11.6 Å². The largest absolute Gasteiger partial charge is 0.335 e. The van der Waals surface area contributed by atoms with E-state index in [0.29, 0.717) is 24.2 Å². The molecule has 1 amide bonds. The summed E-state index contributed by atoms with van der Waals surface area (Å²) >= 11 is 0. The second kappa shape index (κ2) is 9.00. The Labute approximate surface area is 171 Å². The third kappa shape index (κ3) is 4.64. The molecule has 2 rings (SSSR count). The summed E-state index contributed by atoms with van der Waals surface area (Å²) in [5.74, 6) is -2.36. The van der Waals surface area contributed by atoms with Gasteiger partial charge in [-0.05, 0) is 49.2 Å². The molecule has 2 aromatic rings. The molecule has 1 atom stereocenters. The van der Waals surface area contributed by atoms with Crippen LogP contribution in [0.25, 0.3) is 0 Å². The molecule has 0 fully saturated rings. The Hall–Kier alpha value is -2.32. The van der Waals surface area contributed by atoms with E-state index in [9.17, 15) is 22.0 Å². The molecule has 5 nitrogen and oxygen atoms in total. The van der Waals surface area contributed by atoms with Gasteiger partial charge in [-0.25, -0.2) is 17.2 Å². The molecule has 0 aromatic heterocycles. The number of carbonyl (C=O) groups excluding carboxylic acids is 1. The summed E-state index contributed by atoms with van der Waals surface area (Å²) in [5, 5.41) is 0. The van der Waals surface area contributed by atoms with Crippen LogP contribution >= 0.6 is 0 Å². The average Bonchev–Trinajstić information content (AvgIpc) is 2.69. The van der Waals surface area contributed by atoms with Gasteiger partial charge in [0, 0.05) is 25.7 Å². The Morgan fingerprint density at radius 1 is 1.03 bits per heavy atom. The third-order valence-electron chi connectivity index (χ3n) is 5.09. The van der Waals surface area contributed by atoms with E-state index in [1.54, 1.807) is 39.8 Å². The number of hydrogen-bond acceptors (Lipinski definition) is 3. The van der Waals surface area contributed by atoms with Gasteiger partial charge in [0.2, 0.25) is 10.0 Å². The molecular formula is C21H26F2N2O3S. The standard InChI is InChI=1S/C21H26F2N2O3S/c1-6-25(7-2)29(27,28)20-13-17(9-8-14(20)3)21(26)24(5)15(4)16-10-11-18(22)19(23)12-16/h8-13,15H,6-7H2,1-5H3. The Morgan fingerprint density at radius 2 is 1.66 bits per heavy atom. The lowest BCUT2D eigenvalue weighted by atomic mass is 10.1. The molecule has 0 aliphatic rings. The van der Waals surface area contributed by atoms with E-state index in [2.05, 4.69) is 0 Å². The van der Waals surface area contributed by atoms with Gasteiger partial charge >= 0.3 is 0 Å². The van der Waals surface area contributed by atoms with E-state index in [1.807, 2.05) is 0 Å². The molecule has 29 heavy (non-hydrogen) atoms. The number of nitrogens with zero attached hydrogens (tertiary/aromatic N) is 2. The Morgan fingerprint density at radius 3 is 2.21 bits per heavy atom. The number of sulfonamides is 1. The molecule has 0 bridgehead atoms. The van der Waals surface area contributed by atoms with Gasteiger partial charge in [-0.15, -0.1) is 0 Å². The highest BCUT2D eigenvalue weighted by molar-refractivity contribution is 7.89. The fourth-order valence-corrected chi connectivity index (χ4v) is 4.80. The van der Waals surface area contributed by atoms with Crippen molar-refractivity contribution < 1.29 is 22.0 Å². The van der Waals surface area contributed by atoms with Gasteiger partial charge in [0.05, 0.1) is 10.9 Å². The number of benzene rings is 2. The van der Waals surface area contributed by atoms with Crippen LogP contribution < -0.4 is 0 Å². The van der Waals surface area contributed by atoms with Crippen LogP contribution in [0, 0.1) is 18.6 Å². The highest BCUT2D eigenvalue weighted by Crippen LogP contribution is 2.25. The molecule has 0 N–H and O–H groups in total. The van der Waals surface area contributed by atoms with Crippen molar-refractivity contribution in [1.82, 2.24) is 9.21 Å². The maximum absolute atomic E-state index is 13.5. The Kier molecular flexibility index (Phi) is 7.13. The van der Waals surface area contributed by atoms with Crippen LogP contribution in [0.3, 0.4) is 0 Å². The zero-order valence-electron chi connectivity index (χ0n) is 17.2. The summed E-state index contributed by atoms with van der Waals surface area (Å²) in [5.41, 5.74) is 1.19. The predicted molar refractivity (Wildman–Crippen MR) is 108 cm³/mol. The van der Waals surface area contributed by atoms with Gasteiger partial charge in [-0.1, -0.05) is 26.0 Å². The Bertz CT molecular complexity index is 1000. The van der Waals surface area contributed by atoms with Crippen molar-refractivity contribution in [2.75, 3.05) is 20.1 Å². The molecule has 0 spiro atoms. The monoisotopic (exact) mass is 424 g/mol. The van der Waals surface area contributed by atoms with Crippen molar-refractivity contribution in [3.63, 3.8) is 0 Å². The summed E-state index contributed by atoms with van der Waals surface area (Å²) in [7, 11) is -2.19. The van der Waals surface area contributed by atoms with Crippen molar-refractivity contribution >= 4 is 15.9 Å². The molecule has 8 heteroatoms. The second-order valence-corrected chi connectivity index (χ2v) is 8.74. The maximum Gasteiger partial charge on any atom is 0.254 e. The highest BCUT2D eigenvalue weighted by Gasteiger charge is 2.26. The molecule has 1 unspecified atom stereocenters. The summed E-state index contributed by atoms with van der Waals surface area (Å²) in [4.78, 5) is 14.4. The van der Waals surface area contributed by atoms with E-state index in [4.69, 9.17) is 0 Å². The predicted octanol–water partition coefficient (Wildman–Crippen LogP) is 4.14. The van der Waals surface area contributed by atoms with Gasteiger partial charge < -0.3 is 4.90 Å². The molecule has 2 aromatic carbocycles. The van der Waals surface area contributed by atoms with Gasteiger partial charge in [-0.2, -0.15) is 4.31 Å². The molecule has 0 saturated heterocycles. The highest BCUT2D eigenvalue weighted by atomic mass is 32.2. The van der Waals surface area contributed by atoms with Crippen molar-refractivity contribution in [3.8, 4) is 0 Å². The van der Waals surface area contributed by atoms with Crippen molar-refractivity contribution in [1.29, 1.82) is 0 Å². The first-order valence-corrected chi connectivity index (χ1v) is 10.8. The number of rotatable bonds is 7. The number of carbonyl (C=O) groups is 1. The third-order valence-corrected chi connectivity index (χ3v) is 7.28. The van der Waals surface area contributed by atoms with Crippen LogP contribution in [-0.2, 0) is 10.0 Å². The number of amides is 1. The van der Waals surface area contributed by atoms with Crippen LogP contribution in [0.2, 0.25) is 0 Å². The van der Waals surface area contributed by atoms with Crippen LogP contribution in [0.5, 0.6) is 0 Å². The molecule has 0 aliphatic heterocycles. The SMILES string of the molecule is CCN(CC)S(=O)(=O)c1cc(C(=O)N(C)C(C)c2ccc(F)c(F)c2)ccc1C. The molecule has 0 heterocycles. The summed E-state index contributed by atoms with van der Waals surface area (Å²) in [6, 6.07) is 7.47. The lowest BCUT2D eigenvalue weighted by molar-refractivity contribution is 0.0742. The zero-order chi connectivity index (χ0) is 21.9. The first kappa shape index (κ1) is 23.0. The Balaban J connectivity index is 2.39. The summed E-state index contributed by atoms with van der Waals surface area (Å²) in [6.07, 6.45) is 0. The van der Waals surface area contributed by atoms with Crippen molar-refractivity contribution in [2.24, 2.45) is 0 Å². The van der Waals surface area contributed by atoms with E-state index < -0.39 is 33.6 Å². The first-order valence-electron chi connectivity index (χ1n) is 9.37. The van der Waals surface area contributed by atoms with Gasteiger partial charge in [-0.3, -0.25) is 4.79 Å². The minimum absolute atomic E-state index is 0.0842. The summed E-state index contributed by atoms with van der Waals surface area (Å²) < 4.78 is 53.9. The van der Waals surface area contributed by atoms with E-state index in [-0.39, 0.29) is 10.5 Å². The molecule has 158 valence electrons. The number of aryl methyl sites for hydroxylation is 1. The normalized spacial score (nSPS) is 12.8. The number of hydrogen-bond donors (Lipinski definition) is 0. The van der Waals surface area contributed by atoms with Crippen LogP contribution in [0.4, 0.5) is 8.78 Å². The summed E-state index contributed by atoms with van der Waals surface area (Å²) in [6.45, 7) is 7.52. The van der Waals surface area contributed by atoms with Crippen LogP contribution in [-0.4, -0.2) is 43.7 Å². The maximum atomic E-state index is 13.5. The molecule has 0 aliphatic carbocycles. The van der Waals surface area contributed by atoms with Crippen molar-refractivity contribution in [2.45, 2.75) is 38.6 Å². The quantitative estimate of drug-likeness (QED) is 0.671. The second-order valence-electron chi connectivity index (χ2n) is 6.84. The van der Waals surface area contributed by atoms with Crippen molar-refractivity contribution in [3.05, 3.63) is 64.7 Å². The molecular weight excluding hydrogens is 398 g/mol. The van der Waals surface area contributed by atoms with E-state index >= 15 is 0 Å². The lowest BCUT2D eigenvalue weighted by Crippen LogP contribution is -2.32. The van der Waals surface area contributed by atoms with Crippen LogP contribution in [0.15, 0.2) is 41.3 Å². The lowest BCUT2D eigenvalue weighted by Gasteiger charge is -2.26. The fourth-order valence-electron chi connectivity index (χ4n) is 3.09. The average molecular weight is 425 g/mol. The van der Waals surface area contributed by atoms with Crippen LogP contribution in [0.1, 0.15) is 48.3 Å². The smallest absolute Gasteiger partial charge is 0.254 e. The van der Waals surface area contributed by atoms with Gasteiger partial charge in [0.25, 0.3) is 5.91 Å². The van der Waals surface area contributed by atoms with Gasteiger partial charge in [0.1, 0.15) is 0 Å². The topological polar surface area (TPSA) is 57.7 Å². The van der Waals surface area contributed by atoms with E-state index in [0.717, 1.165) is 12.1 Å². The minimum Gasteiger partial charge on any atom is -0.335 e. The fraction of sp³-hybridized carbons (Fsp3) is 0.381.